The second-order valence-electron chi connectivity index (χ2n) is 5.63. The predicted octanol–water partition coefficient (Wildman–Crippen LogP) is 2.15. The molecule has 1 aromatic carbocycles. The van der Waals surface area contributed by atoms with E-state index in [-0.39, 0.29) is 6.10 Å². The Hall–Kier alpha value is -1.10. The Balaban J connectivity index is 2.07. The van der Waals surface area contributed by atoms with Crippen molar-refractivity contribution in [3.8, 4) is 5.75 Å². The van der Waals surface area contributed by atoms with E-state index in [0.717, 1.165) is 29.9 Å². The van der Waals surface area contributed by atoms with Crippen LogP contribution in [0.25, 0.3) is 0 Å². The molecule has 1 fully saturated rings. The van der Waals surface area contributed by atoms with E-state index in [0.29, 0.717) is 12.6 Å². The van der Waals surface area contributed by atoms with Gasteiger partial charge in [-0.3, -0.25) is 4.90 Å². The molecule has 2 rings (SSSR count). The van der Waals surface area contributed by atoms with Crippen molar-refractivity contribution in [3.63, 3.8) is 0 Å². The third-order valence-electron chi connectivity index (χ3n) is 4.11. The molecule has 1 aromatic rings. The van der Waals surface area contributed by atoms with Crippen LogP contribution in [-0.4, -0.2) is 49.5 Å². The van der Waals surface area contributed by atoms with Crippen molar-refractivity contribution in [2.24, 2.45) is 0 Å². The summed E-state index contributed by atoms with van der Waals surface area (Å²) in [5.74, 6) is 0.743. The van der Waals surface area contributed by atoms with Crippen LogP contribution in [0.4, 0.5) is 0 Å². The molecular formula is C16H25NO3. The number of hydrogen-bond acceptors (Lipinski definition) is 4. The van der Waals surface area contributed by atoms with Crippen LogP contribution in [0.5, 0.6) is 5.75 Å². The fourth-order valence-electron chi connectivity index (χ4n) is 2.92. The summed E-state index contributed by atoms with van der Waals surface area (Å²) in [7, 11) is 3.68. The van der Waals surface area contributed by atoms with Crippen LogP contribution in [0, 0.1) is 6.92 Å². The first kappa shape index (κ1) is 15.3. The molecule has 112 valence electrons. The minimum Gasteiger partial charge on any atom is -0.496 e. The van der Waals surface area contributed by atoms with Crippen molar-refractivity contribution in [1.29, 1.82) is 0 Å². The Labute approximate surface area is 121 Å². The Morgan fingerprint density at radius 3 is 2.85 bits per heavy atom. The number of rotatable bonds is 5. The number of benzene rings is 1. The van der Waals surface area contributed by atoms with Gasteiger partial charge in [0.15, 0.2) is 0 Å². The van der Waals surface area contributed by atoms with Gasteiger partial charge in [0.05, 0.1) is 19.3 Å². The van der Waals surface area contributed by atoms with E-state index in [9.17, 15) is 5.11 Å². The van der Waals surface area contributed by atoms with Gasteiger partial charge in [-0.25, -0.2) is 0 Å². The average molecular weight is 279 g/mol. The van der Waals surface area contributed by atoms with E-state index in [1.807, 2.05) is 32.2 Å². The summed E-state index contributed by atoms with van der Waals surface area (Å²) in [4.78, 5) is 2.18. The van der Waals surface area contributed by atoms with Gasteiger partial charge in [-0.15, -0.1) is 0 Å². The topological polar surface area (TPSA) is 41.9 Å². The number of hydrogen-bond donors (Lipinski definition) is 1. The van der Waals surface area contributed by atoms with Crippen molar-refractivity contribution in [2.45, 2.75) is 38.5 Å². The lowest BCUT2D eigenvalue weighted by Gasteiger charge is -2.29. The maximum absolute atomic E-state index is 10.5. The van der Waals surface area contributed by atoms with Crippen LogP contribution in [-0.2, 0) is 4.74 Å². The highest BCUT2D eigenvalue weighted by molar-refractivity contribution is 5.38. The molecule has 3 unspecified atom stereocenters. The SMILES string of the molecule is COc1ccc(C)cc1C(O)CN(C)C1CCOC1C. The Kier molecular flexibility index (Phi) is 5.02. The molecular weight excluding hydrogens is 254 g/mol. The molecule has 1 heterocycles. The molecule has 0 saturated carbocycles. The number of aliphatic hydroxyl groups is 1. The molecule has 4 nitrogen and oxygen atoms in total. The summed E-state index contributed by atoms with van der Waals surface area (Å²) in [5, 5.41) is 10.5. The number of nitrogens with zero attached hydrogens (tertiary/aromatic N) is 1. The summed E-state index contributed by atoms with van der Waals surface area (Å²) >= 11 is 0. The fraction of sp³-hybridized carbons (Fsp3) is 0.625. The second kappa shape index (κ2) is 6.57. The highest BCUT2D eigenvalue weighted by Crippen LogP contribution is 2.28. The van der Waals surface area contributed by atoms with E-state index < -0.39 is 6.10 Å². The van der Waals surface area contributed by atoms with Gasteiger partial charge in [-0.1, -0.05) is 11.6 Å². The number of aryl methyl sites for hydroxylation is 1. The molecule has 20 heavy (non-hydrogen) atoms. The largest absolute Gasteiger partial charge is 0.496 e. The molecule has 1 saturated heterocycles. The van der Waals surface area contributed by atoms with Crippen molar-refractivity contribution in [3.05, 3.63) is 29.3 Å². The lowest BCUT2D eigenvalue weighted by molar-refractivity contribution is 0.0572. The minimum absolute atomic E-state index is 0.228. The molecule has 0 aliphatic carbocycles. The third-order valence-corrected chi connectivity index (χ3v) is 4.11. The lowest BCUT2D eigenvalue weighted by Crippen LogP contribution is -2.39. The molecule has 0 bridgehead atoms. The minimum atomic E-state index is -0.553. The van der Waals surface area contributed by atoms with Crippen LogP contribution < -0.4 is 4.74 Å². The summed E-state index contributed by atoms with van der Waals surface area (Å²) in [6.07, 6.45) is 0.698. The monoisotopic (exact) mass is 279 g/mol. The van der Waals surface area contributed by atoms with Crippen LogP contribution >= 0.6 is 0 Å². The zero-order valence-electron chi connectivity index (χ0n) is 12.8. The predicted molar refractivity (Wildman–Crippen MR) is 79.1 cm³/mol. The molecule has 4 heteroatoms. The lowest BCUT2D eigenvalue weighted by atomic mass is 10.0. The van der Waals surface area contributed by atoms with Crippen LogP contribution in [0.2, 0.25) is 0 Å². The van der Waals surface area contributed by atoms with Gasteiger partial charge in [-0.2, -0.15) is 0 Å². The first-order valence-electron chi connectivity index (χ1n) is 7.17. The number of likely N-dealkylation sites (N-methyl/N-ethyl adjacent to an activating group) is 1. The van der Waals surface area contributed by atoms with E-state index in [1.165, 1.54) is 0 Å². The van der Waals surface area contributed by atoms with Gasteiger partial charge in [-0.05, 0) is 39.4 Å². The standard InChI is InChI=1S/C16H25NO3/c1-11-5-6-16(19-4)13(9-11)15(18)10-17(3)14-7-8-20-12(14)2/h5-6,9,12,14-15,18H,7-8,10H2,1-4H3. The van der Waals surface area contributed by atoms with Gasteiger partial charge in [0.25, 0.3) is 0 Å². The number of ether oxygens (including phenoxy) is 2. The summed E-state index contributed by atoms with van der Waals surface area (Å²) in [6, 6.07) is 6.27. The van der Waals surface area contributed by atoms with Crippen molar-refractivity contribution >= 4 is 0 Å². The summed E-state index contributed by atoms with van der Waals surface area (Å²) in [6.45, 7) is 5.50. The molecule has 0 spiro atoms. The molecule has 1 N–H and O–H groups in total. The van der Waals surface area contributed by atoms with Gasteiger partial charge in [0, 0.05) is 24.8 Å². The smallest absolute Gasteiger partial charge is 0.124 e. The number of methoxy groups -OCH3 is 1. The van der Waals surface area contributed by atoms with Gasteiger partial charge in [0.2, 0.25) is 0 Å². The van der Waals surface area contributed by atoms with E-state index in [1.54, 1.807) is 7.11 Å². The van der Waals surface area contributed by atoms with Crippen molar-refractivity contribution < 1.29 is 14.6 Å². The Morgan fingerprint density at radius 1 is 1.50 bits per heavy atom. The van der Waals surface area contributed by atoms with E-state index in [4.69, 9.17) is 9.47 Å². The molecule has 0 amide bonds. The third kappa shape index (κ3) is 3.32. The molecule has 0 radical (unpaired) electrons. The highest BCUT2D eigenvalue weighted by atomic mass is 16.5. The van der Waals surface area contributed by atoms with Crippen molar-refractivity contribution in [2.75, 3.05) is 27.3 Å². The fourth-order valence-corrected chi connectivity index (χ4v) is 2.92. The normalized spacial score (nSPS) is 24.1. The quantitative estimate of drug-likeness (QED) is 0.896. The van der Waals surface area contributed by atoms with E-state index >= 15 is 0 Å². The number of aliphatic hydroxyl groups excluding tert-OH is 1. The second-order valence-corrected chi connectivity index (χ2v) is 5.63. The van der Waals surface area contributed by atoms with Crippen molar-refractivity contribution in [1.82, 2.24) is 4.90 Å². The maximum atomic E-state index is 10.5. The van der Waals surface area contributed by atoms with Crippen LogP contribution in [0.1, 0.15) is 30.6 Å². The molecule has 1 aliphatic heterocycles. The highest BCUT2D eigenvalue weighted by Gasteiger charge is 2.29. The first-order valence-corrected chi connectivity index (χ1v) is 7.17. The van der Waals surface area contributed by atoms with Gasteiger partial charge in [0.1, 0.15) is 5.75 Å². The Morgan fingerprint density at radius 2 is 2.25 bits per heavy atom. The molecule has 1 aliphatic rings. The Bertz CT molecular complexity index is 449. The average Bonchev–Trinajstić information content (AvgIpc) is 2.85. The first-order chi connectivity index (χ1) is 9.52. The summed E-state index contributed by atoms with van der Waals surface area (Å²) in [5.41, 5.74) is 1.98. The zero-order chi connectivity index (χ0) is 14.7. The van der Waals surface area contributed by atoms with Crippen LogP contribution in [0.3, 0.4) is 0 Å². The van der Waals surface area contributed by atoms with Gasteiger partial charge < -0.3 is 14.6 Å². The molecule has 3 atom stereocenters. The maximum Gasteiger partial charge on any atom is 0.124 e. The summed E-state index contributed by atoms with van der Waals surface area (Å²) < 4.78 is 10.9. The van der Waals surface area contributed by atoms with Crippen LogP contribution in [0.15, 0.2) is 18.2 Å². The zero-order valence-corrected chi connectivity index (χ0v) is 12.8. The molecule has 0 aromatic heterocycles. The van der Waals surface area contributed by atoms with E-state index in [2.05, 4.69) is 11.8 Å². The van der Waals surface area contributed by atoms with Gasteiger partial charge >= 0.3 is 0 Å².